The Bertz CT molecular complexity index is 783. The van der Waals surface area contributed by atoms with E-state index in [1.54, 1.807) is 0 Å². The number of hydrogen-bond acceptors (Lipinski definition) is 6. The van der Waals surface area contributed by atoms with Crippen LogP contribution in [-0.4, -0.2) is 48.4 Å². The Labute approximate surface area is 164 Å². The number of amides is 1. The zero-order valence-electron chi connectivity index (χ0n) is 16.1. The summed E-state index contributed by atoms with van der Waals surface area (Å²) in [6, 6.07) is 7.94. The number of nitrogens with zero attached hydrogens (tertiary/aromatic N) is 3. The number of thioether (sulfide) groups is 1. The summed E-state index contributed by atoms with van der Waals surface area (Å²) in [5.74, 6) is 0.00320. The number of nitrogens with one attached hydrogen (secondary N) is 1. The first kappa shape index (κ1) is 19.6. The molecule has 1 N–H and O–H groups in total. The van der Waals surface area contributed by atoms with Crippen molar-refractivity contribution in [1.82, 2.24) is 9.97 Å². The van der Waals surface area contributed by atoms with E-state index >= 15 is 0 Å². The molecular weight excluding hydrogens is 360 g/mol. The molecule has 0 atom stereocenters. The molecule has 3 rings (SSSR count). The van der Waals surface area contributed by atoms with E-state index in [4.69, 9.17) is 4.74 Å². The van der Waals surface area contributed by atoms with Gasteiger partial charge in [-0.1, -0.05) is 23.9 Å². The monoisotopic (exact) mass is 386 g/mol. The molecule has 0 radical (unpaired) electrons. The number of anilines is 2. The van der Waals surface area contributed by atoms with Crippen molar-refractivity contribution in [1.29, 1.82) is 0 Å². The van der Waals surface area contributed by atoms with Gasteiger partial charge in [-0.3, -0.25) is 4.79 Å². The Balaban J connectivity index is 1.65. The number of aromatic nitrogens is 2. The fraction of sp³-hybridized carbons (Fsp3) is 0.450. The molecule has 1 aliphatic rings. The third-order valence-corrected chi connectivity index (χ3v) is 5.26. The van der Waals surface area contributed by atoms with E-state index in [9.17, 15) is 4.79 Å². The van der Waals surface area contributed by atoms with E-state index in [2.05, 4.69) is 20.2 Å². The highest BCUT2D eigenvalue weighted by Gasteiger charge is 2.16. The third-order valence-electron chi connectivity index (χ3n) is 4.71. The molecule has 1 aromatic heterocycles. The average Bonchev–Trinajstić information content (AvgIpc) is 2.68. The molecule has 0 saturated carbocycles. The van der Waals surface area contributed by atoms with Gasteiger partial charge >= 0.3 is 0 Å². The normalized spacial score (nSPS) is 14.3. The van der Waals surface area contributed by atoms with Crippen LogP contribution >= 0.6 is 11.8 Å². The average molecular weight is 387 g/mol. The van der Waals surface area contributed by atoms with Crippen molar-refractivity contribution in [3.8, 4) is 0 Å². The van der Waals surface area contributed by atoms with Crippen molar-refractivity contribution in [2.24, 2.45) is 0 Å². The molecule has 2 heterocycles. The van der Waals surface area contributed by atoms with Gasteiger partial charge in [-0.05, 0) is 44.2 Å². The third kappa shape index (κ3) is 4.99. The molecule has 0 aliphatic carbocycles. The van der Waals surface area contributed by atoms with Crippen molar-refractivity contribution in [2.75, 3.05) is 42.8 Å². The van der Waals surface area contributed by atoms with Gasteiger partial charge in [0.25, 0.3) is 0 Å². The fourth-order valence-corrected chi connectivity index (χ4v) is 3.73. The number of rotatable bonds is 6. The number of morpholine rings is 1. The molecule has 2 aromatic rings. The second-order valence-corrected chi connectivity index (χ2v) is 7.30. The van der Waals surface area contributed by atoms with Crippen LogP contribution in [0.4, 0.5) is 11.4 Å². The number of aryl methyl sites for hydroxylation is 2. The maximum absolute atomic E-state index is 12.6. The Kier molecular flexibility index (Phi) is 6.68. The smallest absolute Gasteiger partial charge is 0.224 e. The van der Waals surface area contributed by atoms with Crippen molar-refractivity contribution >= 4 is 29.0 Å². The largest absolute Gasteiger partial charge is 0.378 e. The molecule has 1 amide bonds. The fourth-order valence-electron chi connectivity index (χ4n) is 3.27. The molecule has 1 saturated heterocycles. The number of para-hydroxylation sites is 2. The van der Waals surface area contributed by atoms with Gasteiger partial charge in [0.2, 0.25) is 5.91 Å². The molecule has 0 unspecified atom stereocenters. The number of carbonyl (C=O) groups excluding carboxylic acids is 1. The zero-order valence-corrected chi connectivity index (χ0v) is 16.9. The Hall–Kier alpha value is -2.12. The molecule has 1 fully saturated rings. The molecule has 1 aromatic carbocycles. The van der Waals surface area contributed by atoms with Crippen LogP contribution in [0.5, 0.6) is 0 Å². The highest BCUT2D eigenvalue weighted by atomic mass is 32.2. The van der Waals surface area contributed by atoms with Gasteiger partial charge in [-0.25, -0.2) is 9.97 Å². The van der Waals surface area contributed by atoms with E-state index in [1.165, 1.54) is 11.8 Å². The number of carbonyl (C=O) groups is 1. The van der Waals surface area contributed by atoms with Gasteiger partial charge < -0.3 is 15.0 Å². The van der Waals surface area contributed by atoms with Crippen LogP contribution in [0.3, 0.4) is 0 Å². The van der Waals surface area contributed by atoms with Crippen LogP contribution < -0.4 is 10.2 Å². The molecule has 7 heteroatoms. The summed E-state index contributed by atoms with van der Waals surface area (Å²) in [6.07, 6.45) is 3.01. The predicted molar refractivity (Wildman–Crippen MR) is 110 cm³/mol. The Morgan fingerprint density at radius 1 is 1.19 bits per heavy atom. The van der Waals surface area contributed by atoms with Gasteiger partial charge in [0, 0.05) is 30.9 Å². The van der Waals surface area contributed by atoms with Gasteiger partial charge in [0.1, 0.15) is 0 Å². The summed E-state index contributed by atoms with van der Waals surface area (Å²) >= 11 is 1.53. The van der Waals surface area contributed by atoms with Crippen LogP contribution in [0.1, 0.15) is 23.4 Å². The number of ether oxygens (including phenoxy) is 1. The molecule has 27 heavy (non-hydrogen) atoms. The molecule has 1 aliphatic heterocycles. The minimum Gasteiger partial charge on any atom is -0.378 e. The van der Waals surface area contributed by atoms with E-state index < -0.39 is 0 Å². The lowest BCUT2D eigenvalue weighted by Crippen LogP contribution is -2.36. The van der Waals surface area contributed by atoms with Crippen LogP contribution in [-0.2, 0) is 16.0 Å². The summed E-state index contributed by atoms with van der Waals surface area (Å²) in [7, 11) is 0. The van der Waals surface area contributed by atoms with Crippen molar-refractivity contribution in [3.05, 3.63) is 41.2 Å². The maximum atomic E-state index is 12.6. The second-order valence-electron chi connectivity index (χ2n) is 6.52. The Morgan fingerprint density at radius 2 is 1.85 bits per heavy atom. The zero-order chi connectivity index (χ0) is 19.2. The SMILES string of the molecule is CSc1nc(C)c(CCC(=O)Nc2ccccc2N2CCOCC2)c(C)n1. The molecule has 0 bridgehead atoms. The minimum atomic E-state index is 0.00320. The first-order valence-corrected chi connectivity index (χ1v) is 10.4. The highest BCUT2D eigenvalue weighted by molar-refractivity contribution is 7.98. The van der Waals surface area contributed by atoms with Crippen molar-refractivity contribution in [3.63, 3.8) is 0 Å². The van der Waals surface area contributed by atoms with Crippen molar-refractivity contribution in [2.45, 2.75) is 31.8 Å². The standard InChI is InChI=1S/C20H26N4O2S/c1-14-16(15(2)22-20(21-14)27-3)8-9-19(25)23-17-6-4-5-7-18(17)24-10-12-26-13-11-24/h4-7H,8-13H2,1-3H3,(H,23,25). The summed E-state index contributed by atoms with van der Waals surface area (Å²) in [5.41, 5.74) is 4.87. The van der Waals surface area contributed by atoms with Gasteiger partial charge in [0.05, 0.1) is 24.6 Å². The van der Waals surface area contributed by atoms with E-state index in [-0.39, 0.29) is 5.91 Å². The van der Waals surface area contributed by atoms with Crippen LogP contribution in [0.15, 0.2) is 29.4 Å². The summed E-state index contributed by atoms with van der Waals surface area (Å²) < 4.78 is 5.43. The Morgan fingerprint density at radius 3 is 2.52 bits per heavy atom. The van der Waals surface area contributed by atoms with E-state index in [0.29, 0.717) is 26.1 Å². The lowest BCUT2D eigenvalue weighted by Gasteiger charge is -2.30. The van der Waals surface area contributed by atoms with Crippen LogP contribution in [0.25, 0.3) is 0 Å². The predicted octanol–water partition coefficient (Wildman–Crippen LogP) is 3.22. The maximum Gasteiger partial charge on any atom is 0.224 e. The second kappa shape index (κ2) is 9.19. The summed E-state index contributed by atoms with van der Waals surface area (Å²) in [6.45, 7) is 7.07. The minimum absolute atomic E-state index is 0.00320. The molecule has 6 nitrogen and oxygen atoms in total. The number of hydrogen-bond donors (Lipinski definition) is 1. The van der Waals surface area contributed by atoms with Crippen molar-refractivity contribution < 1.29 is 9.53 Å². The first-order valence-electron chi connectivity index (χ1n) is 9.18. The van der Waals surface area contributed by atoms with Gasteiger partial charge in [-0.2, -0.15) is 0 Å². The van der Waals surface area contributed by atoms with Crippen LogP contribution in [0.2, 0.25) is 0 Å². The molecule has 0 spiro atoms. The lowest BCUT2D eigenvalue weighted by atomic mass is 10.1. The lowest BCUT2D eigenvalue weighted by molar-refractivity contribution is -0.116. The van der Waals surface area contributed by atoms with Crippen LogP contribution in [0, 0.1) is 13.8 Å². The quantitative estimate of drug-likeness (QED) is 0.607. The first-order chi connectivity index (χ1) is 13.1. The topological polar surface area (TPSA) is 67.4 Å². The summed E-state index contributed by atoms with van der Waals surface area (Å²) in [4.78, 5) is 23.8. The molecular formula is C20H26N4O2S. The molecule has 144 valence electrons. The highest BCUT2D eigenvalue weighted by Crippen LogP contribution is 2.26. The van der Waals surface area contributed by atoms with Gasteiger partial charge in [0.15, 0.2) is 5.16 Å². The summed E-state index contributed by atoms with van der Waals surface area (Å²) in [5, 5.41) is 3.85. The van der Waals surface area contributed by atoms with E-state index in [0.717, 1.165) is 46.6 Å². The number of benzene rings is 1. The van der Waals surface area contributed by atoms with E-state index in [1.807, 2.05) is 44.4 Å². The van der Waals surface area contributed by atoms with Gasteiger partial charge in [-0.15, -0.1) is 0 Å².